The maximum absolute atomic E-state index is 11.3. The number of H-pyrrole nitrogens is 2. The van der Waals surface area contributed by atoms with Crippen molar-refractivity contribution < 1.29 is 4.79 Å². The summed E-state index contributed by atoms with van der Waals surface area (Å²) in [4.78, 5) is 28.6. The maximum atomic E-state index is 11.3. The molecule has 17 heavy (non-hydrogen) atoms. The summed E-state index contributed by atoms with van der Waals surface area (Å²) >= 11 is 1.51. The van der Waals surface area contributed by atoms with Crippen LogP contribution in [0.4, 0.5) is 5.69 Å². The van der Waals surface area contributed by atoms with Crippen LogP contribution in [-0.4, -0.2) is 21.6 Å². The van der Waals surface area contributed by atoms with Crippen molar-refractivity contribution in [3.8, 4) is 11.3 Å². The van der Waals surface area contributed by atoms with Crippen LogP contribution >= 0.6 is 11.8 Å². The Morgan fingerprint density at radius 1 is 1.24 bits per heavy atom. The van der Waals surface area contributed by atoms with Crippen LogP contribution in [0.1, 0.15) is 0 Å². The smallest absolute Gasteiger partial charge is 0.323 e. The van der Waals surface area contributed by atoms with Crippen LogP contribution in [0.2, 0.25) is 0 Å². The number of hydrogen-bond donors (Lipinski definition) is 3. The Labute approximate surface area is 101 Å². The van der Waals surface area contributed by atoms with Crippen LogP contribution in [-0.2, 0) is 4.79 Å². The second kappa shape index (κ2) is 3.81. The summed E-state index contributed by atoms with van der Waals surface area (Å²) in [6.45, 7) is 0. The van der Waals surface area contributed by atoms with Crippen molar-refractivity contribution in [2.45, 2.75) is 4.90 Å². The van der Waals surface area contributed by atoms with Crippen LogP contribution in [0.3, 0.4) is 0 Å². The number of carbonyl (C=O) groups excluding carboxylic acids is 1. The van der Waals surface area contributed by atoms with Gasteiger partial charge in [-0.3, -0.25) is 4.79 Å². The number of anilines is 1. The van der Waals surface area contributed by atoms with Crippen LogP contribution in [0.5, 0.6) is 0 Å². The molecule has 1 aromatic carbocycles. The third kappa shape index (κ3) is 1.87. The third-order valence-electron chi connectivity index (χ3n) is 2.52. The zero-order valence-corrected chi connectivity index (χ0v) is 9.56. The van der Waals surface area contributed by atoms with Gasteiger partial charge in [-0.1, -0.05) is 6.07 Å². The van der Waals surface area contributed by atoms with E-state index in [0.29, 0.717) is 11.4 Å². The Kier molecular flexibility index (Phi) is 2.29. The number of carbonyl (C=O) groups is 1. The summed E-state index contributed by atoms with van der Waals surface area (Å²) in [5, 5.41) is 2.81. The van der Waals surface area contributed by atoms with Crippen molar-refractivity contribution in [1.82, 2.24) is 9.97 Å². The molecule has 0 saturated carbocycles. The number of aromatic nitrogens is 2. The summed E-state index contributed by atoms with van der Waals surface area (Å²) in [5.74, 6) is 0.454. The van der Waals surface area contributed by atoms with Crippen molar-refractivity contribution >= 4 is 23.4 Å². The normalized spacial score (nSPS) is 14.2. The molecule has 1 aromatic heterocycles. The van der Waals surface area contributed by atoms with E-state index in [-0.39, 0.29) is 11.6 Å². The van der Waals surface area contributed by atoms with E-state index in [1.165, 1.54) is 11.8 Å². The van der Waals surface area contributed by atoms with Gasteiger partial charge in [0.2, 0.25) is 5.91 Å². The van der Waals surface area contributed by atoms with Gasteiger partial charge in [0, 0.05) is 16.7 Å². The molecule has 2 heterocycles. The monoisotopic (exact) mass is 247 g/mol. The fraction of sp³-hybridized carbons (Fsp3) is 0.0909. The molecule has 3 rings (SSSR count). The van der Waals surface area contributed by atoms with Gasteiger partial charge in [-0.25, -0.2) is 4.79 Å². The fourth-order valence-electron chi connectivity index (χ4n) is 1.74. The van der Waals surface area contributed by atoms with Gasteiger partial charge >= 0.3 is 5.69 Å². The molecule has 5 nitrogen and oxygen atoms in total. The Hall–Kier alpha value is -1.95. The first-order valence-corrected chi connectivity index (χ1v) is 6.06. The van der Waals surface area contributed by atoms with Crippen LogP contribution < -0.4 is 11.0 Å². The van der Waals surface area contributed by atoms with E-state index in [0.717, 1.165) is 16.1 Å². The molecule has 1 aliphatic heterocycles. The molecule has 2 aromatic rings. The first-order valence-electron chi connectivity index (χ1n) is 5.07. The lowest BCUT2D eigenvalue weighted by atomic mass is 10.1. The predicted molar refractivity (Wildman–Crippen MR) is 66.2 cm³/mol. The van der Waals surface area contributed by atoms with E-state index in [4.69, 9.17) is 0 Å². The Morgan fingerprint density at radius 2 is 2.12 bits per heavy atom. The molecule has 1 amide bonds. The maximum Gasteiger partial charge on any atom is 0.323 e. The Balaban J connectivity index is 2.06. The summed E-state index contributed by atoms with van der Waals surface area (Å²) in [7, 11) is 0. The van der Waals surface area contributed by atoms with Crippen molar-refractivity contribution in [2.24, 2.45) is 0 Å². The summed E-state index contributed by atoms with van der Waals surface area (Å²) < 4.78 is 0. The summed E-state index contributed by atoms with van der Waals surface area (Å²) in [5.41, 5.74) is 2.13. The fourth-order valence-corrected chi connectivity index (χ4v) is 2.53. The van der Waals surface area contributed by atoms with E-state index in [1.807, 2.05) is 18.2 Å². The number of hydrogen-bond acceptors (Lipinski definition) is 3. The Morgan fingerprint density at radius 3 is 2.88 bits per heavy atom. The first-order chi connectivity index (χ1) is 8.22. The largest absolute Gasteiger partial charge is 0.324 e. The number of benzene rings is 1. The number of aromatic amines is 2. The van der Waals surface area contributed by atoms with E-state index in [9.17, 15) is 9.59 Å². The topological polar surface area (TPSA) is 77.8 Å². The molecule has 86 valence electrons. The molecule has 0 bridgehead atoms. The molecule has 0 spiro atoms. The molecule has 0 aliphatic carbocycles. The highest BCUT2D eigenvalue weighted by Gasteiger charge is 2.15. The molecule has 0 atom stereocenters. The summed E-state index contributed by atoms with van der Waals surface area (Å²) in [6.07, 6.45) is 1.61. The Bertz CT molecular complexity index is 644. The molecule has 3 N–H and O–H groups in total. The van der Waals surface area contributed by atoms with Gasteiger partial charge < -0.3 is 15.3 Å². The number of nitrogens with one attached hydrogen (secondary N) is 3. The average molecular weight is 247 g/mol. The zero-order chi connectivity index (χ0) is 11.8. The number of fused-ring (bicyclic) bond motifs is 1. The predicted octanol–water partition coefficient (Wildman–Crippen LogP) is 1.41. The van der Waals surface area contributed by atoms with E-state index >= 15 is 0 Å². The molecule has 0 radical (unpaired) electrons. The van der Waals surface area contributed by atoms with Gasteiger partial charge in [0.15, 0.2) is 0 Å². The van der Waals surface area contributed by atoms with E-state index < -0.39 is 0 Å². The number of imidazole rings is 1. The van der Waals surface area contributed by atoms with Gasteiger partial charge in [-0.15, -0.1) is 11.8 Å². The number of rotatable bonds is 1. The number of thioether (sulfide) groups is 1. The molecule has 6 heteroatoms. The zero-order valence-electron chi connectivity index (χ0n) is 8.74. The third-order valence-corrected chi connectivity index (χ3v) is 3.59. The van der Waals surface area contributed by atoms with Crippen LogP contribution in [0.15, 0.2) is 34.1 Å². The van der Waals surface area contributed by atoms with Gasteiger partial charge in [0.25, 0.3) is 0 Å². The highest BCUT2D eigenvalue weighted by Crippen LogP contribution is 2.34. The van der Waals surface area contributed by atoms with Gasteiger partial charge in [0.05, 0.1) is 17.1 Å². The minimum absolute atomic E-state index is 0.00205. The van der Waals surface area contributed by atoms with Crippen LogP contribution in [0, 0.1) is 0 Å². The van der Waals surface area contributed by atoms with E-state index in [2.05, 4.69) is 15.3 Å². The van der Waals surface area contributed by atoms with Crippen molar-refractivity contribution in [2.75, 3.05) is 11.1 Å². The SMILES string of the molecule is O=C1CSc2ccc(-c3c[nH]c(=O)[nH]3)cc2N1. The average Bonchev–Trinajstić information content (AvgIpc) is 2.75. The van der Waals surface area contributed by atoms with Crippen LogP contribution in [0.25, 0.3) is 11.3 Å². The highest BCUT2D eigenvalue weighted by atomic mass is 32.2. The highest BCUT2D eigenvalue weighted by molar-refractivity contribution is 8.00. The lowest BCUT2D eigenvalue weighted by Gasteiger charge is -2.16. The second-order valence-electron chi connectivity index (χ2n) is 3.70. The van der Waals surface area contributed by atoms with Crippen molar-refractivity contribution in [1.29, 1.82) is 0 Å². The van der Waals surface area contributed by atoms with Gasteiger partial charge in [-0.2, -0.15) is 0 Å². The summed E-state index contributed by atoms with van der Waals surface area (Å²) in [6, 6.07) is 5.72. The minimum atomic E-state index is -0.240. The van der Waals surface area contributed by atoms with Crippen molar-refractivity contribution in [3.05, 3.63) is 34.9 Å². The first kappa shape index (κ1) is 10.2. The minimum Gasteiger partial charge on any atom is -0.324 e. The lowest BCUT2D eigenvalue weighted by molar-refractivity contribution is -0.113. The number of amides is 1. The van der Waals surface area contributed by atoms with E-state index in [1.54, 1.807) is 6.20 Å². The standard InChI is InChI=1S/C11H9N3O2S/c15-10-5-17-9-2-1-6(3-7(9)13-10)8-4-12-11(16)14-8/h1-4H,5H2,(H,13,15)(H2,12,14,16). The molecule has 0 fully saturated rings. The lowest BCUT2D eigenvalue weighted by Crippen LogP contribution is -2.18. The molecule has 0 saturated heterocycles. The quantitative estimate of drug-likeness (QED) is 0.713. The second-order valence-corrected chi connectivity index (χ2v) is 4.72. The van der Waals surface area contributed by atoms with Crippen molar-refractivity contribution in [3.63, 3.8) is 0 Å². The molecule has 0 unspecified atom stereocenters. The molecular formula is C11H9N3O2S. The molecule has 1 aliphatic rings. The van der Waals surface area contributed by atoms with Gasteiger partial charge in [-0.05, 0) is 12.1 Å². The molecular weight excluding hydrogens is 238 g/mol. The van der Waals surface area contributed by atoms with Gasteiger partial charge in [0.1, 0.15) is 0 Å².